The molecule has 7 aromatic carbocycles. The lowest BCUT2D eigenvalue weighted by molar-refractivity contribution is -0.285. The van der Waals surface area contributed by atoms with Crippen LogP contribution in [0.3, 0.4) is 0 Å². The Morgan fingerprint density at radius 2 is 0.615 bits per heavy atom. The van der Waals surface area contributed by atoms with Crippen LogP contribution >= 0.6 is 0 Å². The molecule has 0 bridgehead atoms. The number of nitrogens with two attached hydrogens (primary N) is 3. The summed E-state index contributed by atoms with van der Waals surface area (Å²) < 4.78 is 84.4. The molecule has 4 aliphatic heterocycles. The molecule has 30 heteroatoms. The van der Waals surface area contributed by atoms with Gasteiger partial charge in [0.1, 0.15) is 69.7 Å². The molecule has 30 nitrogen and oxygen atoms in total. The van der Waals surface area contributed by atoms with E-state index in [9.17, 15) is 59.1 Å². The van der Waals surface area contributed by atoms with Gasteiger partial charge in [0.15, 0.2) is 18.3 Å². The van der Waals surface area contributed by atoms with Gasteiger partial charge in [-0.2, -0.15) is 0 Å². The van der Waals surface area contributed by atoms with Crippen LogP contribution in [-0.2, 0) is 33.2 Å². The maximum absolute atomic E-state index is 12.8. The van der Waals surface area contributed by atoms with Crippen LogP contribution in [0, 0.1) is 44.4 Å². The quantitative estimate of drug-likeness (QED) is 0.0370. The molecule has 122 heavy (non-hydrogen) atoms. The van der Waals surface area contributed by atoms with E-state index in [-0.39, 0.29) is 23.7 Å². The maximum Gasteiger partial charge on any atom is 0.405 e. The van der Waals surface area contributed by atoms with Crippen molar-refractivity contribution in [2.75, 3.05) is 0 Å². The van der Waals surface area contributed by atoms with Gasteiger partial charge in [0.25, 0.3) is 0 Å². The molecule has 11 N–H and O–H groups in total. The number of amides is 3. The lowest BCUT2D eigenvalue weighted by Crippen LogP contribution is -2.61. The second kappa shape index (κ2) is 36.0. The molecule has 16 atom stereocenters. The average molecular weight is 1680 g/mol. The summed E-state index contributed by atoms with van der Waals surface area (Å²) in [5.74, 6) is 0.0562. The number of primary amides is 3. The molecule has 0 aliphatic carbocycles. The van der Waals surface area contributed by atoms with Crippen molar-refractivity contribution in [3.05, 3.63) is 234 Å². The number of hydrogen-bond donors (Lipinski definition) is 8. The first kappa shape index (κ1) is 89.3. The lowest BCUT2D eigenvalue weighted by Gasteiger charge is -2.47. The normalized spacial score (nSPS) is 25.5. The van der Waals surface area contributed by atoms with Gasteiger partial charge in [-0.15, -0.1) is 0 Å². The Kier molecular flexibility index (Phi) is 26.3. The highest BCUT2D eigenvalue weighted by Crippen LogP contribution is 2.43. The number of carbonyl (C=O) groups excluding carboxylic acids is 3. The van der Waals surface area contributed by atoms with Crippen molar-refractivity contribution in [3.63, 3.8) is 0 Å². The Balaban J connectivity index is 0.000000149. The first-order chi connectivity index (χ1) is 57.5. The highest BCUT2D eigenvalue weighted by molar-refractivity contribution is 5.90. The van der Waals surface area contributed by atoms with Crippen molar-refractivity contribution in [2.45, 2.75) is 200 Å². The lowest BCUT2D eigenvalue weighted by atomic mass is 9.82. The van der Waals surface area contributed by atoms with Crippen molar-refractivity contribution in [2.24, 2.45) is 40.9 Å². The first-order valence-corrected chi connectivity index (χ1v) is 39.6. The zero-order valence-corrected chi connectivity index (χ0v) is 69.9. The number of aliphatic hydroxyl groups excluding tert-OH is 5. The summed E-state index contributed by atoms with van der Waals surface area (Å²) in [5, 5.41) is 55.7. The second-order valence-electron chi connectivity index (χ2n) is 32.8. The van der Waals surface area contributed by atoms with E-state index in [0.717, 1.165) is 54.9 Å². The first-order valence-electron chi connectivity index (χ1n) is 39.6. The monoisotopic (exact) mass is 1680 g/mol. The fraction of sp³-hybridized carbons (Fsp3) is 0.380. The molecular weight excluding hydrogens is 1580 g/mol. The average Bonchev–Trinajstić information content (AvgIpc) is 0.774. The summed E-state index contributed by atoms with van der Waals surface area (Å²) in [6, 6.07) is 51.2. The van der Waals surface area contributed by atoms with E-state index in [1.54, 1.807) is 101 Å². The number of rotatable bonds is 14. The fourth-order valence-electron chi connectivity index (χ4n) is 15.2. The summed E-state index contributed by atoms with van der Waals surface area (Å²) in [6.45, 7) is 27.3. The number of fused-ring (bicyclic) bond motifs is 4. The maximum atomic E-state index is 12.8. The number of hydrogen-bond acceptors (Lipinski definition) is 27. The van der Waals surface area contributed by atoms with E-state index in [4.69, 9.17) is 87.0 Å². The third kappa shape index (κ3) is 19.3. The van der Waals surface area contributed by atoms with Crippen LogP contribution in [0.1, 0.15) is 99.8 Å². The SMILES string of the molecule is C[C@@H]1[C@H](O)[C@H](OC(N)=O)C(Oc2ccc3ccc(=O)oc3c2)OC1(C)C.Cc1c(-c2ccccc2)c(=O)oc2cc(OC3OC(C)(C)[C@H](C)[C@H](O)[C@@H]3O)ccc12.Cc1c(-c2ccccc2)c(=O)oc2cc(OC3OC(C)(C)[C@H](C)[C@H](O)[C@@H]3OC(N)=O)ccc12.Cc1c(-c2ccccc2)c(=O)oc2cc(OC3OC(C)(C)[C@H](C)[C@H](OC(N)=O)[C@@H]3O)ccc12. The second-order valence-corrected chi connectivity index (χ2v) is 32.8. The number of benzene rings is 7. The van der Waals surface area contributed by atoms with Crippen molar-refractivity contribution >= 4 is 62.2 Å². The molecule has 4 aromatic heterocycles. The van der Waals surface area contributed by atoms with Gasteiger partial charge < -0.3 is 113 Å². The molecule has 0 radical (unpaired) electrons. The van der Waals surface area contributed by atoms with E-state index in [1.165, 1.54) is 12.1 Å². The third-order valence-corrected chi connectivity index (χ3v) is 23.5. The Bertz CT molecular complexity index is 5890. The molecule has 0 spiro atoms. The molecule has 11 aromatic rings. The van der Waals surface area contributed by atoms with Crippen LogP contribution in [0.5, 0.6) is 23.0 Å². The minimum absolute atomic E-state index is 0.263. The number of ether oxygens (including phenoxy) is 11. The Morgan fingerprint density at radius 3 is 0.967 bits per heavy atom. The largest absolute Gasteiger partial charge is 0.462 e. The van der Waals surface area contributed by atoms with Gasteiger partial charge in [-0.1, -0.05) is 119 Å². The third-order valence-electron chi connectivity index (χ3n) is 23.5. The van der Waals surface area contributed by atoms with Crippen LogP contribution in [-0.4, -0.2) is 140 Å². The van der Waals surface area contributed by atoms with Crippen LogP contribution in [0.15, 0.2) is 213 Å². The van der Waals surface area contributed by atoms with Gasteiger partial charge in [0.05, 0.1) is 45.2 Å². The Hall–Kier alpha value is -12.0. The van der Waals surface area contributed by atoms with Gasteiger partial charge in [-0.25, -0.2) is 33.6 Å². The molecule has 646 valence electrons. The number of aryl methyl sites for hydroxylation is 3. The van der Waals surface area contributed by atoms with Crippen LogP contribution in [0.2, 0.25) is 0 Å². The van der Waals surface area contributed by atoms with Gasteiger partial charge in [-0.05, 0) is 164 Å². The molecule has 4 aliphatic rings. The molecule has 4 saturated heterocycles. The minimum Gasteiger partial charge on any atom is -0.462 e. The number of aliphatic hydroxyl groups is 5. The summed E-state index contributed by atoms with van der Waals surface area (Å²) in [7, 11) is 0. The van der Waals surface area contributed by atoms with Crippen molar-refractivity contribution in [3.8, 4) is 56.4 Å². The van der Waals surface area contributed by atoms with Crippen LogP contribution in [0.25, 0.3) is 77.3 Å². The summed E-state index contributed by atoms with van der Waals surface area (Å²) in [5.41, 5.74) is 18.4. The molecule has 4 unspecified atom stereocenters. The van der Waals surface area contributed by atoms with Crippen molar-refractivity contribution in [1.82, 2.24) is 0 Å². The predicted molar refractivity (Wildman–Crippen MR) is 449 cm³/mol. The molecule has 3 amide bonds. The van der Waals surface area contributed by atoms with E-state index in [2.05, 4.69) is 0 Å². The van der Waals surface area contributed by atoms with Gasteiger partial charge in [0.2, 0.25) is 25.2 Å². The molecular formula is C92H101N3O27. The topological polar surface area (TPSA) is 453 Å². The zero-order valence-electron chi connectivity index (χ0n) is 69.9. The Labute approximate surface area is 700 Å². The van der Waals surface area contributed by atoms with Crippen molar-refractivity contribution in [1.29, 1.82) is 0 Å². The molecule has 15 rings (SSSR count). The highest BCUT2D eigenvalue weighted by Gasteiger charge is 2.54. The van der Waals surface area contributed by atoms with Crippen molar-refractivity contribution < 1.29 is 110 Å². The standard InChI is InChI=1S/2C25H27NO7.C24H26O6.C18H21NO7/c1-13-17-11-10-16(12-18(17)31-22(28)19(13)15-8-6-5-7-9-15)30-23-20(27)21(32-24(26)29)14(2)25(3,4)33-23;1-13-17-11-10-16(12-18(17)31-22(28)19(13)15-8-6-5-7-9-15)30-23-21(32-24(26)29)20(27)14(2)25(3,4)33-23;1-13-17-11-10-16(28-23-21(26)20(25)14(2)24(3,4)30-23)12-18(17)29-22(27)19(13)15-8-6-5-7-9-15;1-9-14(21)15(25-17(19)22)16(26-18(9,2)3)23-11-6-4-10-5-7-13(20)24-12(10)8-11/h2*5-12,14,20-21,23,27H,1-4H3,(H2,26,29);5-12,14,20-21,23,25-26H,1-4H3;4-9,14-16,21H,1-3H3,(H2,19,22)/t3*14-,20+,21+,23?;9-,14+,15+,16?/m1111/s1. The number of carbonyl (C=O) groups is 3. The zero-order chi connectivity index (χ0) is 88.5. The van der Waals surface area contributed by atoms with Gasteiger partial charge in [-0.3, -0.25) is 0 Å². The van der Waals surface area contributed by atoms with E-state index >= 15 is 0 Å². The molecule has 4 fully saturated rings. The minimum atomic E-state index is -1.27. The van der Waals surface area contributed by atoms with E-state index in [1.807, 2.05) is 166 Å². The molecule has 8 heterocycles. The Morgan fingerprint density at radius 1 is 0.328 bits per heavy atom. The van der Waals surface area contributed by atoms with Crippen LogP contribution in [0.4, 0.5) is 14.4 Å². The van der Waals surface area contributed by atoms with E-state index in [0.29, 0.717) is 62.0 Å². The predicted octanol–water partition coefficient (Wildman–Crippen LogP) is 12.9. The smallest absolute Gasteiger partial charge is 0.405 e. The fourth-order valence-corrected chi connectivity index (χ4v) is 15.2. The van der Waals surface area contributed by atoms with Gasteiger partial charge >= 0.3 is 40.8 Å². The molecule has 0 saturated carbocycles. The summed E-state index contributed by atoms with van der Waals surface area (Å²) >= 11 is 0. The van der Waals surface area contributed by atoms with E-state index < -0.39 is 137 Å². The highest BCUT2D eigenvalue weighted by atomic mass is 16.7. The van der Waals surface area contributed by atoms with Crippen LogP contribution < -0.4 is 58.7 Å². The van der Waals surface area contributed by atoms with Gasteiger partial charge in [0, 0.05) is 75.5 Å². The summed E-state index contributed by atoms with van der Waals surface area (Å²) in [6.07, 6.45) is -16.1. The summed E-state index contributed by atoms with van der Waals surface area (Å²) in [4.78, 5) is 83.5.